The van der Waals surface area contributed by atoms with Crippen LogP contribution >= 0.6 is 0 Å². The Morgan fingerprint density at radius 2 is 2.25 bits per heavy atom. The van der Waals surface area contributed by atoms with Crippen LogP contribution in [0.4, 0.5) is 0 Å². The third-order valence-corrected chi connectivity index (χ3v) is 2.86. The van der Waals surface area contributed by atoms with E-state index in [0.29, 0.717) is 13.2 Å². The van der Waals surface area contributed by atoms with E-state index in [0.717, 1.165) is 5.76 Å². The largest absolute Gasteiger partial charge is 0.499 e. The minimum Gasteiger partial charge on any atom is -0.499 e. The predicted molar refractivity (Wildman–Crippen MR) is 57.5 cm³/mol. The molecule has 2 atom stereocenters. The highest BCUT2D eigenvalue weighted by Crippen LogP contribution is 2.30. The van der Waals surface area contributed by atoms with Crippen LogP contribution in [0.15, 0.2) is 11.8 Å². The lowest BCUT2D eigenvalue weighted by Gasteiger charge is -2.34. The second kappa shape index (κ2) is 4.33. The molecule has 5 nitrogen and oxygen atoms in total. The Balaban J connectivity index is 2.12. The summed E-state index contributed by atoms with van der Waals surface area (Å²) in [7, 11) is 3.55. The standard InChI is InChI=1S/C11H19NO4/c1-11(2)14-7-9(16-11)10-8(13-4)5-6-15-12(10)3/h5,9-10H,6-7H2,1-4H3/t9-,10-/m1/s1. The second-order valence-electron chi connectivity index (χ2n) is 4.46. The van der Waals surface area contributed by atoms with E-state index >= 15 is 0 Å². The van der Waals surface area contributed by atoms with Gasteiger partial charge in [-0.05, 0) is 19.9 Å². The van der Waals surface area contributed by atoms with Gasteiger partial charge in [0.25, 0.3) is 0 Å². The van der Waals surface area contributed by atoms with Crippen molar-refractivity contribution in [1.82, 2.24) is 5.06 Å². The molecule has 0 unspecified atom stereocenters. The average Bonchev–Trinajstić information content (AvgIpc) is 2.58. The minimum atomic E-state index is -0.526. The molecule has 0 N–H and O–H groups in total. The number of methoxy groups -OCH3 is 1. The number of ether oxygens (including phenoxy) is 3. The van der Waals surface area contributed by atoms with Crippen molar-refractivity contribution in [3.8, 4) is 0 Å². The Labute approximate surface area is 95.9 Å². The first-order valence-corrected chi connectivity index (χ1v) is 5.45. The Morgan fingerprint density at radius 3 is 2.81 bits per heavy atom. The predicted octanol–water partition coefficient (Wildman–Crippen LogP) is 0.914. The lowest BCUT2D eigenvalue weighted by Crippen LogP contribution is -2.47. The van der Waals surface area contributed by atoms with E-state index < -0.39 is 5.79 Å². The van der Waals surface area contributed by atoms with E-state index in [9.17, 15) is 0 Å². The van der Waals surface area contributed by atoms with Gasteiger partial charge < -0.3 is 14.2 Å². The van der Waals surface area contributed by atoms with Crippen molar-refractivity contribution >= 4 is 0 Å². The lowest BCUT2D eigenvalue weighted by atomic mass is 10.1. The molecule has 0 spiro atoms. The van der Waals surface area contributed by atoms with E-state index in [1.807, 2.05) is 27.0 Å². The molecule has 0 aliphatic carbocycles. The fourth-order valence-corrected chi connectivity index (χ4v) is 2.11. The van der Waals surface area contributed by atoms with Crippen LogP contribution in [0.2, 0.25) is 0 Å². The molecule has 0 aromatic carbocycles. The number of nitrogens with zero attached hydrogens (tertiary/aromatic N) is 1. The van der Waals surface area contributed by atoms with E-state index in [2.05, 4.69) is 0 Å². The average molecular weight is 229 g/mol. The first kappa shape index (κ1) is 11.9. The summed E-state index contributed by atoms with van der Waals surface area (Å²) in [6.45, 7) is 4.90. The molecule has 0 bridgehead atoms. The molecule has 5 heteroatoms. The Morgan fingerprint density at radius 1 is 1.50 bits per heavy atom. The zero-order valence-electron chi connectivity index (χ0n) is 10.2. The minimum absolute atomic E-state index is 0.0412. The summed E-state index contributed by atoms with van der Waals surface area (Å²) in [5, 5.41) is 1.77. The summed E-state index contributed by atoms with van der Waals surface area (Å²) in [6.07, 6.45) is 1.87. The van der Waals surface area contributed by atoms with Gasteiger partial charge in [0.15, 0.2) is 5.79 Å². The van der Waals surface area contributed by atoms with Gasteiger partial charge in [-0.15, -0.1) is 0 Å². The Kier molecular flexibility index (Phi) is 3.21. The molecular formula is C11H19NO4. The van der Waals surface area contributed by atoms with Gasteiger partial charge in [0.2, 0.25) is 0 Å². The molecule has 2 aliphatic rings. The summed E-state index contributed by atoms with van der Waals surface area (Å²) in [5.41, 5.74) is 0. The second-order valence-corrected chi connectivity index (χ2v) is 4.46. The maximum atomic E-state index is 5.83. The molecule has 0 aromatic heterocycles. The fourth-order valence-electron chi connectivity index (χ4n) is 2.11. The first-order valence-electron chi connectivity index (χ1n) is 5.45. The summed E-state index contributed by atoms with van der Waals surface area (Å²) in [4.78, 5) is 5.44. The third kappa shape index (κ3) is 2.22. The van der Waals surface area contributed by atoms with E-state index in [1.165, 1.54) is 0 Å². The van der Waals surface area contributed by atoms with Gasteiger partial charge >= 0.3 is 0 Å². The van der Waals surface area contributed by atoms with Crippen molar-refractivity contribution in [3.63, 3.8) is 0 Å². The van der Waals surface area contributed by atoms with Crippen molar-refractivity contribution in [2.24, 2.45) is 0 Å². The summed E-state index contributed by atoms with van der Waals surface area (Å²) >= 11 is 0. The van der Waals surface area contributed by atoms with Crippen molar-refractivity contribution in [3.05, 3.63) is 11.8 Å². The molecule has 1 saturated heterocycles. The quantitative estimate of drug-likeness (QED) is 0.704. The number of hydrogen-bond donors (Lipinski definition) is 0. The van der Waals surface area contributed by atoms with E-state index in [4.69, 9.17) is 19.0 Å². The Bertz CT molecular complexity index is 290. The SMILES string of the molecule is COC1=CCON(C)[C@H]1[C@H]1COC(C)(C)O1. The normalized spacial score (nSPS) is 34.9. The van der Waals surface area contributed by atoms with Crippen molar-refractivity contribution < 1.29 is 19.0 Å². The first-order chi connectivity index (χ1) is 7.53. The molecule has 2 rings (SSSR count). The highest BCUT2D eigenvalue weighted by atomic mass is 16.7. The number of hydroxylamine groups is 2. The molecule has 16 heavy (non-hydrogen) atoms. The maximum absolute atomic E-state index is 5.83. The van der Waals surface area contributed by atoms with Crippen LogP contribution in [0, 0.1) is 0 Å². The lowest BCUT2D eigenvalue weighted by molar-refractivity contribution is -0.204. The maximum Gasteiger partial charge on any atom is 0.163 e. The van der Waals surface area contributed by atoms with Crippen molar-refractivity contribution in [2.45, 2.75) is 31.8 Å². The molecule has 0 saturated carbocycles. The zero-order valence-corrected chi connectivity index (χ0v) is 10.2. The van der Waals surface area contributed by atoms with Gasteiger partial charge in [-0.1, -0.05) is 0 Å². The van der Waals surface area contributed by atoms with Crippen LogP contribution in [-0.4, -0.2) is 50.4 Å². The van der Waals surface area contributed by atoms with Crippen molar-refractivity contribution in [1.29, 1.82) is 0 Å². The molecule has 0 aromatic rings. The van der Waals surface area contributed by atoms with Gasteiger partial charge in [-0.25, -0.2) is 0 Å². The van der Waals surface area contributed by atoms with Gasteiger partial charge in [0.1, 0.15) is 17.9 Å². The number of hydrogen-bond acceptors (Lipinski definition) is 5. The molecule has 0 amide bonds. The molecule has 0 radical (unpaired) electrons. The van der Waals surface area contributed by atoms with Crippen molar-refractivity contribution in [2.75, 3.05) is 27.4 Å². The van der Waals surface area contributed by atoms with Crippen LogP contribution in [0.5, 0.6) is 0 Å². The Hall–Kier alpha value is -0.620. The zero-order chi connectivity index (χ0) is 11.8. The van der Waals surface area contributed by atoms with Gasteiger partial charge in [-0.3, -0.25) is 4.84 Å². The van der Waals surface area contributed by atoms with Crippen LogP contribution in [-0.2, 0) is 19.0 Å². The number of rotatable bonds is 2. The molecule has 92 valence electrons. The van der Waals surface area contributed by atoms with Crippen LogP contribution in [0.25, 0.3) is 0 Å². The third-order valence-electron chi connectivity index (χ3n) is 2.86. The topological polar surface area (TPSA) is 40.2 Å². The highest BCUT2D eigenvalue weighted by Gasteiger charge is 2.42. The van der Waals surface area contributed by atoms with Gasteiger partial charge in [0.05, 0.1) is 20.3 Å². The summed E-state index contributed by atoms with van der Waals surface area (Å²) in [6, 6.07) is -0.0412. The van der Waals surface area contributed by atoms with Crippen LogP contribution < -0.4 is 0 Å². The summed E-state index contributed by atoms with van der Waals surface area (Å²) in [5.74, 6) is 0.349. The smallest absolute Gasteiger partial charge is 0.163 e. The summed E-state index contributed by atoms with van der Waals surface area (Å²) < 4.78 is 16.7. The van der Waals surface area contributed by atoms with E-state index in [-0.39, 0.29) is 12.1 Å². The molecule has 2 heterocycles. The molecule has 1 fully saturated rings. The van der Waals surface area contributed by atoms with E-state index in [1.54, 1.807) is 12.2 Å². The van der Waals surface area contributed by atoms with Crippen LogP contribution in [0.1, 0.15) is 13.8 Å². The van der Waals surface area contributed by atoms with Gasteiger partial charge in [-0.2, -0.15) is 5.06 Å². The number of likely N-dealkylation sites (N-methyl/N-ethyl adjacent to an activating group) is 1. The monoisotopic (exact) mass is 229 g/mol. The highest BCUT2D eigenvalue weighted by molar-refractivity contribution is 5.09. The van der Waals surface area contributed by atoms with Crippen LogP contribution in [0.3, 0.4) is 0 Å². The fraction of sp³-hybridized carbons (Fsp3) is 0.818. The molecule has 2 aliphatic heterocycles. The molecular weight excluding hydrogens is 210 g/mol. The van der Waals surface area contributed by atoms with Gasteiger partial charge in [0, 0.05) is 7.05 Å².